The number of rotatable bonds is 2. The minimum atomic E-state index is 0.0531. The maximum Gasteiger partial charge on any atom is 0.223 e. The van der Waals surface area contributed by atoms with Crippen molar-refractivity contribution in [2.45, 2.75) is 19.8 Å². The second kappa shape index (κ2) is 6.77. The Kier molecular flexibility index (Phi) is 3.89. The van der Waals surface area contributed by atoms with Crippen LogP contribution in [0.25, 0.3) is 44.6 Å². The van der Waals surface area contributed by atoms with Crippen LogP contribution in [0.1, 0.15) is 18.9 Å². The first kappa shape index (κ1) is 17.8. The highest BCUT2D eigenvalue weighted by atomic mass is 16.2. The molecule has 0 atom stereocenters. The van der Waals surface area contributed by atoms with Crippen molar-refractivity contribution < 1.29 is 4.79 Å². The number of nitrogens with one attached hydrogen (secondary N) is 2. The van der Waals surface area contributed by atoms with Gasteiger partial charge in [-0.3, -0.25) is 14.9 Å². The molecule has 0 unspecified atom stereocenters. The Morgan fingerprint density at radius 1 is 1.10 bits per heavy atom. The van der Waals surface area contributed by atoms with Crippen LogP contribution in [0, 0.1) is 0 Å². The van der Waals surface area contributed by atoms with Crippen molar-refractivity contribution in [3.63, 3.8) is 0 Å². The number of nitrogens with zero attached hydrogens (tertiary/aromatic N) is 4. The molecule has 31 heavy (non-hydrogen) atoms. The van der Waals surface area contributed by atoms with Gasteiger partial charge in [-0.05, 0) is 48.2 Å². The van der Waals surface area contributed by atoms with Crippen LogP contribution in [-0.2, 0) is 11.2 Å². The van der Waals surface area contributed by atoms with Gasteiger partial charge in [0.1, 0.15) is 5.69 Å². The van der Waals surface area contributed by atoms with Gasteiger partial charge in [0.2, 0.25) is 5.91 Å². The van der Waals surface area contributed by atoms with Crippen LogP contribution in [0.4, 0.5) is 5.69 Å². The normalized spacial score (nSPS) is 13.6. The van der Waals surface area contributed by atoms with Gasteiger partial charge in [-0.1, -0.05) is 18.2 Å². The molecule has 0 saturated heterocycles. The highest BCUT2D eigenvalue weighted by Gasteiger charge is 2.23. The monoisotopic (exact) mass is 408 g/mol. The lowest BCUT2D eigenvalue weighted by atomic mass is 9.93. The summed E-state index contributed by atoms with van der Waals surface area (Å²) in [5.41, 5.74) is 7.83. The Hall–Kier alpha value is -4.00. The molecule has 7 heteroatoms. The molecule has 0 saturated carbocycles. The van der Waals surface area contributed by atoms with Gasteiger partial charge in [0, 0.05) is 30.6 Å². The van der Waals surface area contributed by atoms with E-state index in [1.54, 1.807) is 13.1 Å². The summed E-state index contributed by atoms with van der Waals surface area (Å²) >= 11 is 0. The van der Waals surface area contributed by atoms with Gasteiger partial charge in [-0.15, -0.1) is 0 Å². The van der Waals surface area contributed by atoms with Gasteiger partial charge in [0.25, 0.3) is 0 Å². The third-order valence-electron chi connectivity index (χ3n) is 6.00. The number of pyridine rings is 1. The number of imidazole rings is 1. The Labute approximate surface area is 178 Å². The number of carbonyl (C=O) groups is 1. The summed E-state index contributed by atoms with van der Waals surface area (Å²) in [7, 11) is 0. The molecule has 0 bridgehead atoms. The Balaban J connectivity index is 1.50. The molecule has 2 N–H and O–H groups in total. The lowest BCUT2D eigenvalue weighted by Gasteiger charge is -2.29. The van der Waals surface area contributed by atoms with Crippen molar-refractivity contribution in [3.8, 4) is 22.6 Å². The molecule has 3 aromatic heterocycles. The van der Waals surface area contributed by atoms with E-state index in [1.165, 1.54) is 5.56 Å². The van der Waals surface area contributed by atoms with E-state index in [9.17, 15) is 4.79 Å². The SMILES string of the molecule is CC(=O)N1CCCc2c(-c3ccc4[nH]nc(-c5nc6ccccc6[nH]5)c4c3)cncc21. The number of fused-ring (bicyclic) bond motifs is 3. The molecular formula is C24H20N6O. The molecule has 0 fully saturated rings. The molecule has 2 aromatic carbocycles. The minimum absolute atomic E-state index is 0.0531. The van der Waals surface area contributed by atoms with Crippen LogP contribution in [0.3, 0.4) is 0 Å². The van der Waals surface area contributed by atoms with E-state index < -0.39 is 0 Å². The van der Waals surface area contributed by atoms with Gasteiger partial charge < -0.3 is 9.88 Å². The van der Waals surface area contributed by atoms with E-state index in [2.05, 4.69) is 32.3 Å². The molecule has 5 aromatic rings. The van der Waals surface area contributed by atoms with E-state index in [4.69, 9.17) is 4.98 Å². The highest BCUT2D eigenvalue weighted by molar-refractivity contribution is 5.97. The Bertz CT molecular complexity index is 1430. The van der Waals surface area contributed by atoms with E-state index in [-0.39, 0.29) is 5.91 Å². The van der Waals surface area contributed by atoms with Crippen molar-refractivity contribution in [3.05, 3.63) is 60.4 Å². The maximum absolute atomic E-state index is 12.1. The van der Waals surface area contributed by atoms with Crippen molar-refractivity contribution in [1.82, 2.24) is 25.1 Å². The van der Waals surface area contributed by atoms with Crippen LogP contribution in [0.5, 0.6) is 0 Å². The van der Waals surface area contributed by atoms with Gasteiger partial charge >= 0.3 is 0 Å². The number of aromatic amines is 2. The lowest BCUT2D eigenvalue weighted by molar-refractivity contribution is -0.116. The number of para-hydroxylation sites is 2. The number of anilines is 1. The summed E-state index contributed by atoms with van der Waals surface area (Å²) in [6.45, 7) is 2.35. The summed E-state index contributed by atoms with van der Waals surface area (Å²) in [5, 5.41) is 8.64. The van der Waals surface area contributed by atoms with E-state index in [0.717, 1.165) is 69.7 Å². The molecule has 4 heterocycles. The first-order valence-corrected chi connectivity index (χ1v) is 10.4. The molecule has 7 nitrogen and oxygen atoms in total. The van der Waals surface area contributed by atoms with Crippen LogP contribution in [0.15, 0.2) is 54.9 Å². The molecule has 0 spiro atoms. The van der Waals surface area contributed by atoms with Gasteiger partial charge in [0.05, 0.1) is 28.4 Å². The number of benzene rings is 2. The molecule has 1 aliphatic heterocycles. The summed E-state index contributed by atoms with van der Waals surface area (Å²) < 4.78 is 0. The van der Waals surface area contributed by atoms with Crippen LogP contribution in [0.2, 0.25) is 0 Å². The fraction of sp³-hybridized carbons (Fsp3) is 0.167. The van der Waals surface area contributed by atoms with Crippen molar-refractivity contribution >= 4 is 33.5 Å². The number of amides is 1. The average Bonchev–Trinajstić information content (AvgIpc) is 3.41. The minimum Gasteiger partial charge on any atom is -0.337 e. The number of carbonyl (C=O) groups excluding carboxylic acids is 1. The smallest absolute Gasteiger partial charge is 0.223 e. The fourth-order valence-corrected chi connectivity index (χ4v) is 4.51. The molecule has 152 valence electrons. The molecule has 1 aliphatic rings. The molecular weight excluding hydrogens is 388 g/mol. The zero-order valence-corrected chi connectivity index (χ0v) is 17.0. The standard InChI is InChI=1S/C24H20N6O/c1-14(31)30-10-4-5-16-18(12-25-13-22(16)30)15-8-9-19-17(11-15)23(29-28-19)24-26-20-6-2-3-7-21(20)27-24/h2-3,6-9,11-13H,4-5,10H2,1H3,(H,26,27)(H,28,29). The number of hydrogen-bond acceptors (Lipinski definition) is 4. The van der Waals surface area contributed by atoms with Crippen molar-refractivity contribution in [1.29, 1.82) is 0 Å². The maximum atomic E-state index is 12.1. The lowest BCUT2D eigenvalue weighted by Crippen LogP contribution is -2.33. The largest absolute Gasteiger partial charge is 0.337 e. The van der Waals surface area contributed by atoms with Crippen molar-refractivity contribution in [2.24, 2.45) is 0 Å². The zero-order chi connectivity index (χ0) is 20.9. The van der Waals surface area contributed by atoms with Crippen LogP contribution in [-0.4, -0.2) is 37.6 Å². The number of hydrogen-bond donors (Lipinski definition) is 2. The van der Waals surface area contributed by atoms with Crippen LogP contribution < -0.4 is 4.90 Å². The third-order valence-corrected chi connectivity index (χ3v) is 6.00. The van der Waals surface area contributed by atoms with Gasteiger partial charge in [-0.2, -0.15) is 5.10 Å². The summed E-state index contributed by atoms with van der Waals surface area (Å²) in [6.07, 6.45) is 5.57. The highest BCUT2D eigenvalue weighted by Crippen LogP contribution is 2.36. The first-order chi connectivity index (χ1) is 15.2. The third kappa shape index (κ3) is 2.81. The predicted molar refractivity (Wildman–Crippen MR) is 121 cm³/mol. The number of aromatic nitrogens is 5. The van der Waals surface area contributed by atoms with E-state index >= 15 is 0 Å². The Morgan fingerprint density at radius 3 is 2.87 bits per heavy atom. The topological polar surface area (TPSA) is 90.6 Å². The van der Waals surface area contributed by atoms with Gasteiger partial charge in [-0.25, -0.2) is 4.98 Å². The van der Waals surface area contributed by atoms with E-state index in [0.29, 0.717) is 0 Å². The number of H-pyrrole nitrogens is 2. The zero-order valence-electron chi connectivity index (χ0n) is 17.0. The second-order valence-electron chi connectivity index (χ2n) is 7.89. The van der Waals surface area contributed by atoms with E-state index in [1.807, 2.05) is 41.4 Å². The molecule has 1 amide bonds. The van der Waals surface area contributed by atoms with Gasteiger partial charge in [0.15, 0.2) is 5.82 Å². The predicted octanol–water partition coefficient (Wildman–Crippen LogP) is 4.47. The molecule has 6 rings (SSSR count). The first-order valence-electron chi connectivity index (χ1n) is 10.4. The second-order valence-corrected chi connectivity index (χ2v) is 7.89. The fourth-order valence-electron chi connectivity index (χ4n) is 4.51. The quantitative estimate of drug-likeness (QED) is 0.451. The average molecular weight is 408 g/mol. The molecule has 0 radical (unpaired) electrons. The van der Waals surface area contributed by atoms with Crippen molar-refractivity contribution in [2.75, 3.05) is 11.4 Å². The molecule has 0 aliphatic carbocycles. The summed E-state index contributed by atoms with van der Waals surface area (Å²) in [4.78, 5) is 26.5. The summed E-state index contributed by atoms with van der Waals surface area (Å²) in [6, 6.07) is 14.2. The Morgan fingerprint density at radius 2 is 2.00 bits per heavy atom. The summed E-state index contributed by atoms with van der Waals surface area (Å²) in [5.74, 6) is 0.790. The van der Waals surface area contributed by atoms with Crippen LogP contribution >= 0.6 is 0 Å².